The van der Waals surface area contributed by atoms with Crippen LogP contribution in [0.25, 0.3) is 20.3 Å². The summed E-state index contributed by atoms with van der Waals surface area (Å²) in [7, 11) is 0. The van der Waals surface area contributed by atoms with Crippen molar-refractivity contribution >= 4 is 43.0 Å². The maximum atomic E-state index is 4.14. The van der Waals surface area contributed by atoms with Crippen LogP contribution in [0.1, 0.15) is 0 Å². The van der Waals surface area contributed by atoms with E-state index < -0.39 is 0 Å². The molecule has 18 heavy (non-hydrogen) atoms. The van der Waals surface area contributed by atoms with Gasteiger partial charge in [-0.15, -0.1) is 22.7 Å². The van der Waals surface area contributed by atoms with Crippen molar-refractivity contribution < 1.29 is 0 Å². The molecule has 2 aromatic carbocycles. The Morgan fingerprint density at radius 1 is 0.722 bits per heavy atom. The molecule has 0 N–H and O–H groups in total. The minimum atomic E-state index is 1.10. The topological polar surface area (TPSA) is 12.9 Å². The molecule has 0 saturated carbocycles. The van der Waals surface area contributed by atoms with Gasteiger partial charge in [-0.1, -0.05) is 30.3 Å². The Hall–Kier alpha value is -1.71. The van der Waals surface area contributed by atoms with Gasteiger partial charge in [0.1, 0.15) is 0 Å². The van der Waals surface area contributed by atoms with Crippen molar-refractivity contribution in [3.63, 3.8) is 0 Å². The number of benzene rings is 2. The normalized spacial score (nSPS) is 10.2. The van der Waals surface area contributed by atoms with Crippen molar-refractivity contribution in [1.82, 2.24) is 4.98 Å². The maximum absolute atomic E-state index is 4.14. The monoisotopic (exact) mass is 269 g/mol. The van der Waals surface area contributed by atoms with Crippen molar-refractivity contribution in [2.75, 3.05) is 0 Å². The van der Waals surface area contributed by atoms with Gasteiger partial charge < -0.3 is 0 Å². The lowest BCUT2D eigenvalue weighted by Crippen LogP contribution is -1.61. The fourth-order valence-corrected chi connectivity index (χ4v) is 3.18. The SMILES string of the molecule is c1ccc2sccc2c1.c1ccc2scnc2c1. The first-order valence-corrected chi connectivity index (χ1v) is 7.40. The van der Waals surface area contributed by atoms with E-state index in [1.54, 1.807) is 22.7 Å². The van der Waals surface area contributed by atoms with Crippen LogP contribution in [0.3, 0.4) is 0 Å². The zero-order chi connectivity index (χ0) is 12.2. The smallest absolute Gasteiger partial charge is 0.0812 e. The third kappa shape index (κ3) is 2.42. The molecule has 88 valence electrons. The number of aromatic nitrogens is 1. The highest BCUT2D eigenvalue weighted by atomic mass is 32.1. The van der Waals surface area contributed by atoms with Crippen LogP contribution in [0.15, 0.2) is 65.5 Å². The molecule has 4 aromatic rings. The van der Waals surface area contributed by atoms with Crippen LogP contribution >= 0.6 is 22.7 Å². The molecule has 0 aliphatic heterocycles. The van der Waals surface area contributed by atoms with Gasteiger partial charge in [0.25, 0.3) is 0 Å². The fourth-order valence-electron chi connectivity index (χ4n) is 1.71. The Balaban J connectivity index is 0.000000111. The van der Waals surface area contributed by atoms with Crippen molar-refractivity contribution in [1.29, 1.82) is 0 Å². The molecule has 4 rings (SSSR count). The van der Waals surface area contributed by atoms with E-state index in [2.05, 4.69) is 46.8 Å². The Morgan fingerprint density at radius 2 is 1.50 bits per heavy atom. The van der Waals surface area contributed by atoms with Gasteiger partial charge in [0.05, 0.1) is 15.7 Å². The summed E-state index contributed by atoms with van der Waals surface area (Å²) >= 11 is 3.46. The highest BCUT2D eigenvalue weighted by molar-refractivity contribution is 7.17. The van der Waals surface area contributed by atoms with Crippen LogP contribution in [0, 0.1) is 0 Å². The number of para-hydroxylation sites is 1. The summed E-state index contributed by atoms with van der Waals surface area (Å²) in [5.74, 6) is 0. The van der Waals surface area contributed by atoms with E-state index in [1.807, 2.05) is 23.7 Å². The summed E-state index contributed by atoms with van der Waals surface area (Å²) in [4.78, 5) is 4.14. The van der Waals surface area contributed by atoms with E-state index in [0.29, 0.717) is 0 Å². The standard InChI is InChI=1S/C8H6S.C7H5NS/c1-2-4-8-7(3-1)5-6-9-8;1-2-4-7-6(3-1)8-5-9-7/h1-6H;1-5H. The van der Waals surface area contributed by atoms with Crippen molar-refractivity contribution in [3.05, 3.63) is 65.5 Å². The predicted molar refractivity (Wildman–Crippen MR) is 81.4 cm³/mol. The molecule has 0 spiro atoms. The van der Waals surface area contributed by atoms with Gasteiger partial charge in [0.2, 0.25) is 0 Å². The highest BCUT2D eigenvalue weighted by Gasteiger charge is 1.89. The average Bonchev–Trinajstić information content (AvgIpc) is 3.08. The molecule has 0 fully saturated rings. The summed E-state index contributed by atoms with van der Waals surface area (Å²) < 4.78 is 2.63. The summed E-state index contributed by atoms with van der Waals surface area (Å²) in [5, 5.41) is 3.47. The van der Waals surface area contributed by atoms with Gasteiger partial charge in [-0.2, -0.15) is 0 Å². The van der Waals surface area contributed by atoms with E-state index in [4.69, 9.17) is 0 Å². The first-order valence-electron chi connectivity index (χ1n) is 5.64. The van der Waals surface area contributed by atoms with Crippen molar-refractivity contribution in [2.45, 2.75) is 0 Å². The summed E-state index contributed by atoms with van der Waals surface area (Å²) in [6.07, 6.45) is 0. The van der Waals surface area contributed by atoms with E-state index in [-0.39, 0.29) is 0 Å². The third-order valence-corrected chi connectivity index (χ3v) is 4.31. The molecule has 0 bridgehead atoms. The number of hydrogen-bond acceptors (Lipinski definition) is 3. The summed E-state index contributed by atoms with van der Waals surface area (Å²) in [5.41, 5.74) is 2.97. The first-order chi connectivity index (χ1) is 8.93. The van der Waals surface area contributed by atoms with Gasteiger partial charge in [-0.3, -0.25) is 0 Å². The minimum absolute atomic E-state index is 1.10. The number of thiazole rings is 1. The van der Waals surface area contributed by atoms with Gasteiger partial charge in [0, 0.05) is 4.70 Å². The van der Waals surface area contributed by atoms with E-state index in [9.17, 15) is 0 Å². The van der Waals surface area contributed by atoms with Gasteiger partial charge in [-0.25, -0.2) is 4.98 Å². The molecular formula is C15H11NS2. The molecule has 0 radical (unpaired) electrons. The summed E-state index contributed by atoms with van der Waals surface area (Å²) in [6.45, 7) is 0. The number of fused-ring (bicyclic) bond motifs is 2. The number of rotatable bonds is 0. The molecule has 3 heteroatoms. The van der Waals surface area contributed by atoms with Crippen LogP contribution in [0.2, 0.25) is 0 Å². The molecule has 0 unspecified atom stereocenters. The second-order valence-electron chi connectivity index (χ2n) is 3.78. The largest absolute Gasteiger partial charge is 0.245 e. The first kappa shape index (κ1) is 11.4. The molecule has 0 amide bonds. The Labute approximate surface area is 113 Å². The van der Waals surface area contributed by atoms with Crippen LogP contribution in [0.5, 0.6) is 0 Å². The number of nitrogens with zero attached hydrogens (tertiary/aromatic N) is 1. The van der Waals surface area contributed by atoms with Gasteiger partial charge in [-0.05, 0) is 35.0 Å². The van der Waals surface area contributed by atoms with E-state index in [1.165, 1.54) is 14.8 Å². The van der Waals surface area contributed by atoms with Crippen LogP contribution in [-0.4, -0.2) is 4.98 Å². The maximum Gasteiger partial charge on any atom is 0.0812 e. The highest BCUT2D eigenvalue weighted by Crippen LogP contribution is 2.18. The lowest BCUT2D eigenvalue weighted by atomic mass is 10.3. The molecule has 2 aromatic heterocycles. The minimum Gasteiger partial charge on any atom is -0.245 e. The lowest BCUT2D eigenvalue weighted by Gasteiger charge is -1.82. The zero-order valence-electron chi connectivity index (χ0n) is 9.61. The predicted octanol–water partition coefficient (Wildman–Crippen LogP) is 5.20. The number of hydrogen-bond donors (Lipinski definition) is 0. The Kier molecular flexibility index (Phi) is 3.35. The average molecular weight is 269 g/mol. The van der Waals surface area contributed by atoms with Crippen LogP contribution < -0.4 is 0 Å². The molecule has 0 atom stereocenters. The molecule has 0 saturated heterocycles. The van der Waals surface area contributed by atoms with Crippen LogP contribution in [-0.2, 0) is 0 Å². The second kappa shape index (κ2) is 5.29. The fraction of sp³-hybridized carbons (Fsp3) is 0. The van der Waals surface area contributed by atoms with Crippen molar-refractivity contribution in [2.24, 2.45) is 0 Å². The Bertz CT molecular complexity index is 628. The van der Waals surface area contributed by atoms with E-state index >= 15 is 0 Å². The van der Waals surface area contributed by atoms with Gasteiger partial charge in [0.15, 0.2) is 0 Å². The third-order valence-electron chi connectivity index (χ3n) is 2.60. The number of thiophene rings is 1. The van der Waals surface area contributed by atoms with E-state index in [0.717, 1.165) is 5.52 Å². The second-order valence-corrected chi connectivity index (χ2v) is 5.61. The molecule has 2 heterocycles. The summed E-state index contributed by atoms with van der Waals surface area (Å²) in [6, 6.07) is 18.7. The lowest BCUT2D eigenvalue weighted by molar-refractivity contribution is 1.50. The Morgan fingerprint density at radius 3 is 2.33 bits per heavy atom. The van der Waals surface area contributed by atoms with Crippen LogP contribution in [0.4, 0.5) is 0 Å². The quantitative estimate of drug-likeness (QED) is 0.427. The van der Waals surface area contributed by atoms with Crippen molar-refractivity contribution in [3.8, 4) is 0 Å². The zero-order valence-corrected chi connectivity index (χ0v) is 11.2. The molecule has 1 nitrogen and oxygen atoms in total. The van der Waals surface area contributed by atoms with Gasteiger partial charge >= 0.3 is 0 Å². The molecule has 0 aliphatic carbocycles. The molecular weight excluding hydrogens is 258 g/mol. The molecule has 0 aliphatic rings.